The van der Waals surface area contributed by atoms with Crippen molar-refractivity contribution in [1.29, 1.82) is 0 Å². The van der Waals surface area contributed by atoms with Gasteiger partial charge in [-0.2, -0.15) is 0 Å². The number of aryl methyl sites for hydroxylation is 2. The van der Waals surface area contributed by atoms with E-state index in [0.717, 1.165) is 36.1 Å². The van der Waals surface area contributed by atoms with Crippen LogP contribution in [-0.4, -0.2) is 17.6 Å². The normalized spacial score (nSPS) is 17.4. The van der Waals surface area contributed by atoms with Gasteiger partial charge in [-0.15, -0.1) is 0 Å². The van der Waals surface area contributed by atoms with Crippen molar-refractivity contribution in [3.63, 3.8) is 0 Å². The van der Waals surface area contributed by atoms with Gasteiger partial charge in [0.2, 0.25) is 5.91 Å². The quantitative estimate of drug-likeness (QED) is 0.842. The molecule has 1 aromatic rings. The molecule has 2 rings (SSSR count). The van der Waals surface area contributed by atoms with Crippen LogP contribution < -0.4 is 5.32 Å². The molecule has 2 N–H and O–H groups in total. The molecule has 0 bridgehead atoms. The van der Waals surface area contributed by atoms with E-state index in [2.05, 4.69) is 11.4 Å². The highest BCUT2D eigenvalue weighted by Gasteiger charge is 2.43. The van der Waals surface area contributed by atoms with Crippen LogP contribution in [0.1, 0.15) is 30.4 Å². The number of rotatable bonds is 3. The number of hydrogen-bond donors (Lipinski definition) is 2. The fourth-order valence-electron chi connectivity index (χ4n) is 2.37. The van der Waals surface area contributed by atoms with Gasteiger partial charge in [-0.1, -0.05) is 12.5 Å². The average Bonchev–Trinajstić information content (AvgIpc) is 2.14. The molecule has 1 amide bonds. The summed E-state index contributed by atoms with van der Waals surface area (Å²) in [5, 5.41) is 12.3. The second-order valence-corrected chi connectivity index (χ2v) is 5.12. The fourth-order valence-corrected chi connectivity index (χ4v) is 2.37. The Hall–Kier alpha value is -1.35. The fraction of sp³-hybridized carbons (Fsp3) is 0.500. The van der Waals surface area contributed by atoms with Gasteiger partial charge in [-0.25, -0.2) is 0 Å². The van der Waals surface area contributed by atoms with Gasteiger partial charge in [-0.3, -0.25) is 4.79 Å². The summed E-state index contributed by atoms with van der Waals surface area (Å²) in [6.45, 7) is 3.96. The van der Waals surface area contributed by atoms with Crippen LogP contribution in [0.15, 0.2) is 18.2 Å². The summed E-state index contributed by atoms with van der Waals surface area (Å²) in [6.07, 6.45) is 2.61. The van der Waals surface area contributed by atoms with Crippen LogP contribution >= 0.6 is 0 Å². The maximum atomic E-state index is 12.1. The molecule has 0 aliphatic heterocycles. The van der Waals surface area contributed by atoms with Gasteiger partial charge in [0, 0.05) is 5.69 Å². The predicted molar refractivity (Wildman–Crippen MR) is 67.9 cm³/mol. The minimum atomic E-state index is -0.530. The molecule has 0 atom stereocenters. The Morgan fingerprint density at radius 3 is 2.29 bits per heavy atom. The van der Waals surface area contributed by atoms with Gasteiger partial charge in [-0.05, 0) is 49.9 Å². The number of nitrogens with one attached hydrogen (secondary N) is 1. The van der Waals surface area contributed by atoms with Crippen LogP contribution in [0.3, 0.4) is 0 Å². The zero-order valence-corrected chi connectivity index (χ0v) is 10.4. The van der Waals surface area contributed by atoms with Crippen molar-refractivity contribution in [2.45, 2.75) is 33.1 Å². The molecule has 0 spiro atoms. The third-order valence-corrected chi connectivity index (χ3v) is 3.57. The SMILES string of the molecule is Cc1cc(C)cc(NC(=O)C2(CO)CCC2)c1. The van der Waals surface area contributed by atoms with Crippen molar-refractivity contribution in [2.24, 2.45) is 5.41 Å². The van der Waals surface area contributed by atoms with Crippen molar-refractivity contribution in [2.75, 3.05) is 11.9 Å². The minimum Gasteiger partial charge on any atom is -0.395 e. The van der Waals surface area contributed by atoms with Crippen molar-refractivity contribution >= 4 is 11.6 Å². The first-order chi connectivity index (χ1) is 8.05. The minimum absolute atomic E-state index is 0.0451. The van der Waals surface area contributed by atoms with Gasteiger partial charge in [0.05, 0.1) is 12.0 Å². The van der Waals surface area contributed by atoms with Crippen LogP contribution in [0, 0.1) is 19.3 Å². The predicted octanol–water partition coefficient (Wildman–Crippen LogP) is 2.40. The second-order valence-electron chi connectivity index (χ2n) is 5.12. The first-order valence-electron chi connectivity index (χ1n) is 6.06. The Morgan fingerprint density at radius 2 is 1.88 bits per heavy atom. The van der Waals surface area contributed by atoms with Gasteiger partial charge in [0.1, 0.15) is 0 Å². The maximum Gasteiger partial charge on any atom is 0.232 e. The summed E-state index contributed by atoms with van der Waals surface area (Å²) in [5.74, 6) is -0.0451. The molecule has 92 valence electrons. The molecule has 17 heavy (non-hydrogen) atoms. The lowest BCUT2D eigenvalue weighted by Crippen LogP contribution is -2.44. The summed E-state index contributed by atoms with van der Waals surface area (Å²) < 4.78 is 0. The van der Waals surface area contributed by atoms with Crippen molar-refractivity contribution < 1.29 is 9.90 Å². The molecule has 1 aromatic carbocycles. The van der Waals surface area contributed by atoms with Gasteiger partial charge in [0.25, 0.3) is 0 Å². The van der Waals surface area contributed by atoms with E-state index in [-0.39, 0.29) is 12.5 Å². The van der Waals surface area contributed by atoms with Crippen molar-refractivity contribution in [1.82, 2.24) is 0 Å². The molecule has 1 saturated carbocycles. The molecule has 1 aliphatic carbocycles. The van der Waals surface area contributed by atoms with E-state index in [1.165, 1.54) is 0 Å². The van der Waals surface area contributed by atoms with E-state index in [9.17, 15) is 9.90 Å². The molecular formula is C14H19NO2. The molecule has 3 heteroatoms. The first kappa shape index (κ1) is 12.1. The highest BCUT2D eigenvalue weighted by atomic mass is 16.3. The number of amides is 1. The number of benzene rings is 1. The van der Waals surface area contributed by atoms with Crippen LogP contribution in [0.5, 0.6) is 0 Å². The van der Waals surface area contributed by atoms with E-state index < -0.39 is 5.41 Å². The highest BCUT2D eigenvalue weighted by Crippen LogP contribution is 2.41. The Morgan fingerprint density at radius 1 is 1.29 bits per heavy atom. The Bertz CT molecular complexity index is 410. The zero-order valence-electron chi connectivity index (χ0n) is 10.4. The number of hydrogen-bond acceptors (Lipinski definition) is 2. The second kappa shape index (κ2) is 4.49. The summed E-state index contributed by atoms with van der Waals surface area (Å²) in [6, 6.07) is 5.98. The Kier molecular flexibility index (Phi) is 3.20. The number of aliphatic hydroxyl groups excluding tert-OH is 1. The Labute approximate surface area is 102 Å². The molecule has 1 aliphatic rings. The van der Waals surface area contributed by atoms with Gasteiger partial charge < -0.3 is 10.4 Å². The standard InChI is InChI=1S/C14H19NO2/c1-10-6-11(2)8-12(7-10)15-13(17)14(9-16)4-3-5-14/h6-8,16H,3-5,9H2,1-2H3,(H,15,17). The average molecular weight is 233 g/mol. The topological polar surface area (TPSA) is 49.3 Å². The summed E-state index contributed by atoms with van der Waals surface area (Å²) in [7, 11) is 0. The lowest BCUT2D eigenvalue weighted by atomic mass is 9.68. The van der Waals surface area contributed by atoms with E-state index in [1.54, 1.807) is 0 Å². The molecule has 0 saturated heterocycles. The maximum absolute atomic E-state index is 12.1. The molecule has 3 nitrogen and oxygen atoms in total. The first-order valence-corrected chi connectivity index (χ1v) is 6.06. The largest absolute Gasteiger partial charge is 0.395 e. The van der Waals surface area contributed by atoms with Crippen LogP contribution in [0.4, 0.5) is 5.69 Å². The van der Waals surface area contributed by atoms with Crippen molar-refractivity contribution in [3.8, 4) is 0 Å². The third-order valence-electron chi connectivity index (χ3n) is 3.57. The van der Waals surface area contributed by atoms with Gasteiger partial charge in [0.15, 0.2) is 0 Å². The number of anilines is 1. The lowest BCUT2D eigenvalue weighted by Gasteiger charge is -2.38. The van der Waals surface area contributed by atoms with Crippen LogP contribution in [0.25, 0.3) is 0 Å². The van der Waals surface area contributed by atoms with E-state index in [0.29, 0.717) is 0 Å². The highest BCUT2D eigenvalue weighted by molar-refractivity contribution is 5.96. The third kappa shape index (κ3) is 2.34. The van der Waals surface area contributed by atoms with E-state index in [4.69, 9.17) is 0 Å². The monoisotopic (exact) mass is 233 g/mol. The molecule has 0 unspecified atom stereocenters. The van der Waals surface area contributed by atoms with E-state index in [1.807, 2.05) is 26.0 Å². The molecule has 1 fully saturated rings. The summed E-state index contributed by atoms with van der Waals surface area (Å²) in [4.78, 5) is 12.1. The lowest BCUT2D eigenvalue weighted by molar-refractivity contribution is -0.133. The summed E-state index contributed by atoms with van der Waals surface area (Å²) in [5.41, 5.74) is 2.56. The molecular weight excluding hydrogens is 214 g/mol. The molecule has 0 heterocycles. The number of carbonyl (C=O) groups is 1. The van der Waals surface area contributed by atoms with Gasteiger partial charge >= 0.3 is 0 Å². The number of carbonyl (C=O) groups excluding carboxylic acids is 1. The molecule has 0 radical (unpaired) electrons. The summed E-state index contributed by atoms with van der Waals surface area (Å²) >= 11 is 0. The Balaban J connectivity index is 2.12. The molecule has 0 aromatic heterocycles. The zero-order chi connectivity index (χ0) is 12.5. The van der Waals surface area contributed by atoms with Crippen LogP contribution in [-0.2, 0) is 4.79 Å². The van der Waals surface area contributed by atoms with Crippen molar-refractivity contribution in [3.05, 3.63) is 29.3 Å². The van der Waals surface area contributed by atoms with Crippen LogP contribution in [0.2, 0.25) is 0 Å². The smallest absolute Gasteiger partial charge is 0.232 e. The van der Waals surface area contributed by atoms with E-state index >= 15 is 0 Å². The number of aliphatic hydroxyl groups is 1.